The van der Waals surface area contributed by atoms with Gasteiger partial charge in [0.25, 0.3) is 0 Å². The minimum absolute atomic E-state index is 0.0281. The fourth-order valence-corrected chi connectivity index (χ4v) is 4.65. The Morgan fingerprint density at radius 2 is 2.15 bits per heavy atom. The van der Waals surface area contributed by atoms with Gasteiger partial charge in [0, 0.05) is 11.6 Å². The summed E-state index contributed by atoms with van der Waals surface area (Å²) in [5.74, 6) is 1.54. The maximum atomic E-state index is 11.7. The number of sulfone groups is 1. The first kappa shape index (κ1) is 15.3. The first-order valence-corrected chi connectivity index (χ1v) is 8.99. The van der Waals surface area contributed by atoms with E-state index in [-0.39, 0.29) is 17.7 Å². The molecule has 5 heteroatoms. The molecule has 4 nitrogen and oxygen atoms in total. The average molecular weight is 297 g/mol. The van der Waals surface area contributed by atoms with Gasteiger partial charge in [-0.05, 0) is 31.9 Å². The second-order valence-corrected chi connectivity index (χ2v) is 7.54. The minimum Gasteiger partial charge on any atom is -0.493 e. The van der Waals surface area contributed by atoms with E-state index in [0.717, 1.165) is 24.2 Å². The van der Waals surface area contributed by atoms with Gasteiger partial charge in [0.2, 0.25) is 0 Å². The van der Waals surface area contributed by atoms with Gasteiger partial charge in [-0.2, -0.15) is 0 Å². The first-order valence-electron chi connectivity index (χ1n) is 7.17. The highest BCUT2D eigenvalue weighted by molar-refractivity contribution is 7.91. The number of para-hydroxylation sites is 1. The number of rotatable bonds is 6. The maximum absolute atomic E-state index is 11.7. The molecule has 1 aromatic rings. The number of hydrogen-bond acceptors (Lipinski definition) is 4. The van der Waals surface area contributed by atoms with E-state index in [0.29, 0.717) is 12.4 Å². The number of benzene rings is 1. The van der Waals surface area contributed by atoms with E-state index < -0.39 is 9.84 Å². The van der Waals surface area contributed by atoms with E-state index in [1.54, 1.807) is 0 Å². The normalized spacial score (nSPS) is 22.6. The van der Waals surface area contributed by atoms with E-state index >= 15 is 0 Å². The van der Waals surface area contributed by atoms with Crippen molar-refractivity contribution in [2.24, 2.45) is 5.92 Å². The number of hydrogen-bond donors (Lipinski definition) is 1. The molecule has 20 heavy (non-hydrogen) atoms. The molecular weight excluding hydrogens is 274 g/mol. The molecule has 1 heterocycles. The zero-order chi connectivity index (χ0) is 14.6. The van der Waals surface area contributed by atoms with Crippen molar-refractivity contribution in [3.63, 3.8) is 0 Å². The van der Waals surface area contributed by atoms with Crippen molar-refractivity contribution in [1.29, 1.82) is 0 Å². The maximum Gasteiger partial charge on any atom is 0.150 e. The summed E-state index contributed by atoms with van der Waals surface area (Å²) in [6, 6.07) is 7.94. The fraction of sp³-hybridized carbons (Fsp3) is 0.600. The Balaban J connectivity index is 2.23. The van der Waals surface area contributed by atoms with Crippen LogP contribution < -0.4 is 10.1 Å². The highest BCUT2D eigenvalue weighted by Gasteiger charge is 2.34. The number of ether oxygens (including phenoxy) is 1. The molecule has 1 saturated heterocycles. The lowest BCUT2D eigenvalue weighted by molar-refractivity contribution is 0.304. The van der Waals surface area contributed by atoms with Crippen molar-refractivity contribution in [2.75, 3.05) is 25.2 Å². The Morgan fingerprint density at radius 3 is 2.75 bits per heavy atom. The van der Waals surface area contributed by atoms with E-state index in [1.165, 1.54) is 0 Å². The molecule has 0 bridgehead atoms. The van der Waals surface area contributed by atoms with Crippen LogP contribution >= 0.6 is 0 Å². The van der Waals surface area contributed by atoms with E-state index in [4.69, 9.17) is 4.74 Å². The lowest BCUT2D eigenvalue weighted by atomic mass is 9.92. The summed E-state index contributed by atoms with van der Waals surface area (Å²) >= 11 is 0. The molecule has 1 N–H and O–H groups in total. The second kappa shape index (κ2) is 6.59. The molecule has 1 aliphatic heterocycles. The van der Waals surface area contributed by atoms with Crippen LogP contribution in [0.15, 0.2) is 24.3 Å². The Kier molecular flexibility index (Phi) is 5.05. The third kappa shape index (κ3) is 3.52. The van der Waals surface area contributed by atoms with Gasteiger partial charge < -0.3 is 10.1 Å². The monoisotopic (exact) mass is 297 g/mol. The predicted octanol–water partition coefficient (Wildman–Crippen LogP) is 2.17. The molecule has 0 radical (unpaired) electrons. The molecule has 1 aromatic carbocycles. The van der Waals surface area contributed by atoms with E-state index in [1.807, 2.05) is 31.3 Å². The van der Waals surface area contributed by atoms with Crippen LogP contribution in [0.2, 0.25) is 0 Å². The van der Waals surface area contributed by atoms with Crippen molar-refractivity contribution in [2.45, 2.75) is 25.8 Å². The standard InChI is InChI=1S/C15H23NO3S/c1-3-9-19-14-7-5-4-6-13(14)15(16-2)12-8-10-20(17,18)11-12/h4-7,12,15-16H,3,8-11H2,1-2H3. The topological polar surface area (TPSA) is 55.4 Å². The molecule has 0 saturated carbocycles. The van der Waals surface area contributed by atoms with Crippen LogP contribution in [0.5, 0.6) is 5.75 Å². The van der Waals surface area contributed by atoms with Crippen LogP contribution in [-0.2, 0) is 9.84 Å². The van der Waals surface area contributed by atoms with Crippen molar-refractivity contribution >= 4 is 9.84 Å². The molecule has 0 aromatic heterocycles. The lowest BCUT2D eigenvalue weighted by Crippen LogP contribution is -2.26. The highest BCUT2D eigenvalue weighted by Crippen LogP contribution is 2.35. The Hall–Kier alpha value is -1.07. The molecular formula is C15H23NO3S. The van der Waals surface area contributed by atoms with E-state index in [9.17, 15) is 8.42 Å². The third-order valence-corrected chi connectivity index (χ3v) is 5.56. The van der Waals surface area contributed by atoms with Gasteiger partial charge in [-0.3, -0.25) is 0 Å². The summed E-state index contributed by atoms with van der Waals surface area (Å²) in [7, 11) is -0.988. The summed E-state index contributed by atoms with van der Waals surface area (Å²) in [5.41, 5.74) is 1.06. The quantitative estimate of drug-likeness (QED) is 0.874. The number of nitrogens with one attached hydrogen (secondary N) is 1. The Labute approximate surface area is 121 Å². The van der Waals surface area contributed by atoms with Gasteiger partial charge in [-0.15, -0.1) is 0 Å². The van der Waals surface area contributed by atoms with Crippen molar-refractivity contribution < 1.29 is 13.2 Å². The smallest absolute Gasteiger partial charge is 0.150 e. The highest BCUT2D eigenvalue weighted by atomic mass is 32.2. The molecule has 112 valence electrons. The van der Waals surface area contributed by atoms with Crippen molar-refractivity contribution in [3.8, 4) is 5.75 Å². The molecule has 1 aliphatic rings. The third-order valence-electron chi connectivity index (χ3n) is 3.77. The van der Waals surface area contributed by atoms with Gasteiger partial charge >= 0.3 is 0 Å². The molecule has 2 rings (SSSR count). The summed E-state index contributed by atoms with van der Waals surface area (Å²) in [5, 5.41) is 3.27. The van der Waals surface area contributed by atoms with Crippen molar-refractivity contribution in [1.82, 2.24) is 5.32 Å². The van der Waals surface area contributed by atoms with E-state index in [2.05, 4.69) is 12.2 Å². The summed E-state index contributed by atoms with van der Waals surface area (Å²) < 4.78 is 29.2. The summed E-state index contributed by atoms with van der Waals surface area (Å²) in [6.45, 7) is 2.75. The van der Waals surface area contributed by atoms with Crippen LogP contribution in [0.25, 0.3) is 0 Å². The minimum atomic E-state index is -2.87. The summed E-state index contributed by atoms with van der Waals surface area (Å²) in [4.78, 5) is 0. The van der Waals surface area contributed by atoms with Gasteiger partial charge in [0.1, 0.15) is 5.75 Å². The van der Waals surface area contributed by atoms with Gasteiger partial charge in [0.15, 0.2) is 9.84 Å². The molecule has 0 aliphatic carbocycles. The van der Waals surface area contributed by atoms with Gasteiger partial charge in [0.05, 0.1) is 18.1 Å². The van der Waals surface area contributed by atoms with Gasteiger partial charge in [-0.25, -0.2) is 8.42 Å². The molecule has 2 unspecified atom stereocenters. The fourth-order valence-electron chi connectivity index (χ4n) is 2.81. The molecule has 0 spiro atoms. The average Bonchev–Trinajstić information content (AvgIpc) is 2.79. The molecule has 0 amide bonds. The van der Waals surface area contributed by atoms with Crippen LogP contribution in [-0.4, -0.2) is 33.6 Å². The SMILES string of the molecule is CCCOc1ccccc1C(NC)C1CCS(=O)(=O)C1. The largest absolute Gasteiger partial charge is 0.493 e. The Bertz CT molecular complexity index is 542. The van der Waals surface area contributed by atoms with Crippen LogP contribution in [0, 0.1) is 5.92 Å². The molecule has 1 fully saturated rings. The Morgan fingerprint density at radius 1 is 1.40 bits per heavy atom. The predicted molar refractivity (Wildman–Crippen MR) is 80.8 cm³/mol. The lowest BCUT2D eigenvalue weighted by Gasteiger charge is -2.24. The zero-order valence-electron chi connectivity index (χ0n) is 12.1. The van der Waals surface area contributed by atoms with Crippen LogP contribution in [0.1, 0.15) is 31.4 Å². The summed E-state index contributed by atoms with van der Waals surface area (Å²) in [6.07, 6.45) is 1.67. The zero-order valence-corrected chi connectivity index (χ0v) is 12.9. The van der Waals surface area contributed by atoms with Crippen molar-refractivity contribution in [3.05, 3.63) is 29.8 Å². The van der Waals surface area contributed by atoms with Gasteiger partial charge in [-0.1, -0.05) is 25.1 Å². The van der Waals surface area contributed by atoms with Crippen LogP contribution in [0.4, 0.5) is 0 Å². The second-order valence-electron chi connectivity index (χ2n) is 5.32. The molecule has 2 atom stereocenters. The first-order chi connectivity index (χ1) is 9.57. The van der Waals surface area contributed by atoms with Crippen LogP contribution in [0.3, 0.4) is 0 Å².